The second-order valence-electron chi connectivity index (χ2n) is 7.66. The molecule has 0 radical (unpaired) electrons. The number of halogens is 1. The lowest BCUT2D eigenvalue weighted by atomic mass is 9.96. The van der Waals surface area contributed by atoms with Crippen LogP contribution in [-0.4, -0.2) is 32.1 Å². The van der Waals surface area contributed by atoms with Crippen molar-refractivity contribution in [2.24, 2.45) is 5.73 Å². The van der Waals surface area contributed by atoms with Gasteiger partial charge in [0.2, 0.25) is 0 Å². The number of rotatable bonds is 8. The molecule has 0 aromatic heterocycles. The fraction of sp³-hybridized carbons (Fsp3) is 0.435. The van der Waals surface area contributed by atoms with Crippen molar-refractivity contribution >= 4 is 5.91 Å². The summed E-state index contributed by atoms with van der Waals surface area (Å²) in [6.07, 6.45) is 3.24. The van der Waals surface area contributed by atoms with Crippen molar-refractivity contribution < 1.29 is 13.9 Å². The van der Waals surface area contributed by atoms with Gasteiger partial charge in [0.15, 0.2) is 11.6 Å². The van der Waals surface area contributed by atoms with Crippen molar-refractivity contribution in [1.29, 1.82) is 0 Å². The van der Waals surface area contributed by atoms with E-state index in [1.54, 1.807) is 12.1 Å². The molecule has 3 rings (SSSR count). The number of hydrogen-bond acceptors (Lipinski definition) is 4. The number of benzene rings is 2. The van der Waals surface area contributed by atoms with E-state index in [9.17, 15) is 9.18 Å². The van der Waals surface area contributed by atoms with Gasteiger partial charge in [-0.1, -0.05) is 18.2 Å². The number of nitrogens with one attached hydrogen (secondary N) is 2. The van der Waals surface area contributed by atoms with Crippen molar-refractivity contribution in [3.63, 3.8) is 0 Å². The summed E-state index contributed by atoms with van der Waals surface area (Å²) in [7, 11) is 1.48. The highest BCUT2D eigenvalue weighted by molar-refractivity contribution is 5.94. The second-order valence-corrected chi connectivity index (χ2v) is 7.66. The zero-order valence-corrected chi connectivity index (χ0v) is 17.1. The summed E-state index contributed by atoms with van der Waals surface area (Å²) in [6, 6.07) is 13.4. The number of amides is 1. The summed E-state index contributed by atoms with van der Waals surface area (Å²) in [5.41, 5.74) is 8.36. The molecule has 4 N–H and O–H groups in total. The summed E-state index contributed by atoms with van der Waals surface area (Å²) >= 11 is 0. The maximum atomic E-state index is 13.6. The molecule has 1 aliphatic carbocycles. The first kappa shape index (κ1) is 21.3. The molecule has 29 heavy (non-hydrogen) atoms. The molecule has 0 saturated heterocycles. The molecule has 0 heterocycles. The molecular weight excluding hydrogens is 369 g/mol. The lowest BCUT2D eigenvalue weighted by molar-refractivity contribution is 0.0954. The lowest BCUT2D eigenvalue weighted by Crippen LogP contribution is -2.29. The summed E-state index contributed by atoms with van der Waals surface area (Å²) in [5.74, 6) is 0.320. The fourth-order valence-corrected chi connectivity index (χ4v) is 4.03. The molecule has 5 nitrogen and oxygen atoms in total. The SMILES string of the molecule is COc1cc([C@@H](C)N[C@H]2CC[C@@H](c3ccc(C(=O)NCCN)cc3)C2)ccc1F. The van der Waals surface area contributed by atoms with Gasteiger partial charge in [-0.25, -0.2) is 4.39 Å². The van der Waals surface area contributed by atoms with Crippen LogP contribution in [0.25, 0.3) is 0 Å². The topological polar surface area (TPSA) is 76.4 Å². The van der Waals surface area contributed by atoms with Gasteiger partial charge in [0, 0.05) is 30.7 Å². The highest BCUT2D eigenvalue weighted by Gasteiger charge is 2.27. The summed E-state index contributed by atoms with van der Waals surface area (Å²) in [6.45, 7) is 3.01. The normalized spacial score (nSPS) is 19.7. The highest BCUT2D eigenvalue weighted by Crippen LogP contribution is 2.35. The first-order valence-electron chi connectivity index (χ1n) is 10.2. The number of carbonyl (C=O) groups is 1. The van der Waals surface area contributed by atoms with Gasteiger partial charge in [-0.2, -0.15) is 0 Å². The van der Waals surface area contributed by atoms with Crippen LogP contribution in [0.4, 0.5) is 4.39 Å². The Hall–Kier alpha value is -2.44. The van der Waals surface area contributed by atoms with Crippen LogP contribution in [0.5, 0.6) is 5.75 Å². The van der Waals surface area contributed by atoms with Gasteiger partial charge in [-0.05, 0) is 67.5 Å². The van der Waals surface area contributed by atoms with Crippen molar-refractivity contribution in [2.75, 3.05) is 20.2 Å². The third-order valence-electron chi connectivity index (χ3n) is 5.67. The van der Waals surface area contributed by atoms with Crippen LogP contribution in [-0.2, 0) is 0 Å². The van der Waals surface area contributed by atoms with Crippen molar-refractivity contribution in [3.05, 3.63) is 65.0 Å². The van der Waals surface area contributed by atoms with E-state index in [1.807, 2.05) is 12.1 Å². The molecule has 1 saturated carbocycles. The average Bonchev–Trinajstić information content (AvgIpc) is 3.20. The molecule has 2 aromatic carbocycles. The number of methoxy groups -OCH3 is 1. The quantitative estimate of drug-likeness (QED) is 0.635. The van der Waals surface area contributed by atoms with Crippen LogP contribution in [0.2, 0.25) is 0 Å². The van der Waals surface area contributed by atoms with Crippen LogP contribution >= 0.6 is 0 Å². The Bertz CT molecular complexity index is 825. The summed E-state index contributed by atoms with van der Waals surface area (Å²) in [5, 5.41) is 6.45. The molecule has 0 unspecified atom stereocenters. The van der Waals surface area contributed by atoms with Crippen LogP contribution in [0.15, 0.2) is 42.5 Å². The van der Waals surface area contributed by atoms with Crippen molar-refractivity contribution in [1.82, 2.24) is 10.6 Å². The third-order valence-corrected chi connectivity index (χ3v) is 5.67. The van der Waals surface area contributed by atoms with E-state index >= 15 is 0 Å². The van der Waals surface area contributed by atoms with Crippen molar-refractivity contribution in [2.45, 2.75) is 44.2 Å². The monoisotopic (exact) mass is 399 g/mol. The Morgan fingerprint density at radius 3 is 2.69 bits per heavy atom. The molecule has 0 aliphatic heterocycles. The Morgan fingerprint density at radius 1 is 1.24 bits per heavy atom. The molecular formula is C23H30FN3O2. The minimum Gasteiger partial charge on any atom is -0.494 e. The van der Waals surface area contributed by atoms with E-state index < -0.39 is 0 Å². The second kappa shape index (κ2) is 9.85. The maximum absolute atomic E-state index is 13.6. The van der Waals surface area contributed by atoms with Crippen LogP contribution in [0, 0.1) is 5.82 Å². The molecule has 1 aliphatic rings. The summed E-state index contributed by atoms with van der Waals surface area (Å²) in [4.78, 5) is 12.0. The lowest BCUT2D eigenvalue weighted by Gasteiger charge is -2.21. The third kappa shape index (κ3) is 5.34. The Kier molecular flexibility index (Phi) is 7.23. The summed E-state index contributed by atoms with van der Waals surface area (Å²) < 4.78 is 18.7. The standard InChI is InChI=1S/C23H30FN3O2/c1-15(18-8-10-21(24)22(14-18)29-2)27-20-9-7-19(13-20)16-3-5-17(6-4-16)23(28)26-12-11-25/h3-6,8,10,14-15,19-20,27H,7,9,11-13,25H2,1-2H3,(H,26,28)/t15-,19-,20+/m1/s1. The van der Waals surface area contributed by atoms with Crippen LogP contribution < -0.4 is 21.1 Å². The Morgan fingerprint density at radius 2 is 2.00 bits per heavy atom. The van der Waals surface area contributed by atoms with Gasteiger partial charge in [-0.15, -0.1) is 0 Å². The fourth-order valence-electron chi connectivity index (χ4n) is 4.03. The van der Waals surface area contributed by atoms with E-state index in [0.717, 1.165) is 24.8 Å². The minimum atomic E-state index is -0.343. The van der Waals surface area contributed by atoms with Gasteiger partial charge in [-0.3, -0.25) is 4.79 Å². The number of carbonyl (C=O) groups excluding carboxylic acids is 1. The smallest absolute Gasteiger partial charge is 0.251 e. The number of nitrogens with two attached hydrogens (primary N) is 1. The predicted octanol–water partition coefficient (Wildman–Crippen LogP) is 3.51. The van der Waals surface area contributed by atoms with Crippen LogP contribution in [0.3, 0.4) is 0 Å². The largest absolute Gasteiger partial charge is 0.494 e. The molecule has 2 aromatic rings. The highest BCUT2D eigenvalue weighted by atomic mass is 19.1. The molecule has 156 valence electrons. The molecule has 0 spiro atoms. The van der Waals surface area contributed by atoms with Gasteiger partial charge in [0.1, 0.15) is 0 Å². The molecule has 1 amide bonds. The maximum Gasteiger partial charge on any atom is 0.251 e. The van der Waals surface area contributed by atoms with Gasteiger partial charge < -0.3 is 21.1 Å². The van der Waals surface area contributed by atoms with E-state index in [4.69, 9.17) is 10.5 Å². The van der Waals surface area contributed by atoms with E-state index in [1.165, 1.54) is 18.7 Å². The first-order chi connectivity index (χ1) is 14.0. The van der Waals surface area contributed by atoms with Gasteiger partial charge in [0.05, 0.1) is 7.11 Å². The zero-order chi connectivity index (χ0) is 20.8. The zero-order valence-electron chi connectivity index (χ0n) is 17.1. The molecule has 1 fully saturated rings. The molecule has 6 heteroatoms. The number of hydrogen-bond donors (Lipinski definition) is 3. The first-order valence-corrected chi connectivity index (χ1v) is 10.2. The molecule has 0 bridgehead atoms. The Balaban J connectivity index is 1.56. The Labute approximate surface area is 171 Å². The van der Waals surface area contributed by atoms with E-state index in [2.05, 4.69) is 29.7 Å². The molecule has 3 atom stereocenters. The predicted molar refractivity (Wildman–Crippen MR) is 113 cm³/mol. The van der Waals surface area contributed by atoms with E-state index in [0.29, 0.717) is 30.6 Å². The van der Waals surface area contributed by atoms with Gasteiger partial charge >= 0.3 is 0 Å². The number of ether oxygens (including phenoxy) is 1. The van der Waals surface area contributed by atoms with Crippen LogP contribution in [0.1, 0.15) is 59.6 Å². The van der Waals surface area contributed by atoms with Crippen molar-refractivity contribution in [3.8, 4) is 5.75 Å². The average molecular weight is 400 g/mol. The van der Waals surface area contributed by atoms with Gasteiger partial charge in [0.25, 0.3) is 5.91 Å². The van der Waals surface area contributed by atoms with E-state index in [-0.39, 0.29) is 23.5 Å². The minimum absolute atomic E-state index is 0.0866.